The van der Waals surface area contributed by atoms with Crippen LogP contribution in [0.2, 0.25) is 0 Å². The highest BCUT2D eigenvalue weighted by atomic mass is 19.4. The second-order valence-electron chi connectivity index (χ2n) is 5.42. The molecule has 9 nitrogen and oxygen atoms in total. The Morgan fingerprint density at radius 3 is 2.68 bits per heavy atom. The SMILES string of the molecule is O=C(O)CNC[C@H]1OC[C@H](Nc2cncc(C(F)(F)F)n2)[C@@H](O)[C@H]1O. The molecule has 2 heterocycles. The van der Waals surface area contributed by atoms with Crippen LogP contribution in [0.1, 0.15) is 5.69 Å². The van der Waals surface area contributed by atoms with E-state index in [1.165, 1.54) is 0 Å². The van der Waals surface area contributed by atoms with E-state index in [9.17, 15) is 28.2 Å². The molecule has 1 aromatic rings. The van der Waals surface area contributed by atoms with Crippen LogP contribution in [0.5, 0.6) is 0 Å². The smallest absolute Gasteiger partial charge is 0.434 e. The van der Waals surface area contributed by atoms with Gasteiger partial charge in [-0.15, -0.1) is 0 Å². The maximum absolute atomic E-state index is 12.6. The maximum atomic E-state index is 12.6. The lowest BCUT2D eigenvalue weighted by atomic mass is 9.98. The fraction of sp³-hybridized carbons (Fsp3) is 0.615. The molecule has 12 heteroatoms. The summed E-state index contributed by atoms with van der Waals surface area (Å²) in [5, 5.41) is 33.7. The van der Waals surface area contributed by atoms with Crippen LogP contribution in [0.4, 0.5) is 19.0 Å². The summed E-state index contributed by atoms with van der Waals surface area (Å²) in [6.07, 6.45) is -6.63. The summed E-state index contributed by atoms with van der Waals surface area (Å²) in [5.74, 6) is -1.31. The molecule has 1 saturated heterocycles. The number of hydrogen-bond donors (Lipinski definition) is 5. The zero-order chi connectivity index (χ0) is 18.6. The minimum absolute atomic E-state index is 0.0133. The third-order valence-electron chi connectivity index (χ3n) is 3.51. The molecule has 0 aliphatic carbocycles. The van der Waals surface area contributed by atoms with Gasteiger partial charge in [0.1, 0.15) is 18.0 Å². The summed E-state index contributed by atoms with van der Waals surface area (Å²) in [4.78, 5) is 17.2. The first kappa shape index (κ1) is 19.3. The van der Waals surface area contributed by atoms with Gasteiger partial charge in [-0.2, -0.15) is 13.2 Å². The molecule has 1 aliphatic rings. The maximum Gasteiger partial charge on any atom is 0.434 e. The van der Waals surface area contributed by atoms with Gasteiger partial charge < -0.3 is 30.7 Å². The highest BCUT2D eigenvalue weighted by Crippen LogP contribution is 2.28. The molecule has 140 valence electrons. The van der Waals surface area contributed by atoms with Gasteiger partial charge in [-0.3, -0.25) is 9.78 Å². The highest BCUT2D eigenvalue weighted by Gasteiger charge is 2.39. The minimum atomic E-state index is -4.66. The molecule has 0 saturated carbocycles. The van der Waals surface area contributed by atoms with Crippen molar-refractivity contribution >= 4 is 11.8 Å². The molecule has 0 amide bonds. The molecule has 1 fully saturated rings. The second kappa shape index (κ2) is 7.91. The molecule has 0 unspecified atom stereocenters. The predicted octanol–water partition coefficient (Wildman–Crippen LogP) is -0.929. The molecule has 0 spiro atoms. The summed E-state index contributed by atoms with van der Waals surface area (Å²) in [7, 11) is 0. The van der Waals surface area contributed by atoms with E-state index in [1.807, 2.05) is 0 Å². The van der Waals surface area contributed by atoms with E-state index in [1.54, 1.807) is 0 Å². The summed E-state index contributed by atoms with van der Waals surface area (Å²) >= 11 is 0. The van der Waals surface area contributed by atoms with E-state index in [4.69, 9.17) is 9.84 Å². The van der Waals surface area contributed by atoms with Gasteiger partial charge in [-0.1, -0.05) is 0 Å². The highest BCUT2D eigenvalue weighted by molar-refractivity contribution is 5.68. The Morgan fingerprint density at radius 2 is 2.04 bits per heavy atom. The third kappa shape index (κ3) is 5.22. The molecule has 5 N–H and O–H groups in total. The van der Waals surface area contributed by atoms with Crippen LogP contribution < -0.4 is 10.6 Å². The van der Waals surface area contributed by atoms with Crippen molar-refractivity contribution in [2.24, 2.45) is 0 Å². The van der Waals surface area contributed by atoms with Crippen LogP contribution >= 0.6 is 0 Å². The van der Waals surface area contributed by atoms with E-state index >= 15 is 0 Å². The fourth-order valence-electron chi connectivity index (χ4n) is 2.27. The predicted molar refractivity (Wildman–Crippen MR) is 76.7 cm³/mol. The van der Waals surface area contributed by atoms with Crippen molar-refractivity contribution in [3.05, 3.63) is 18.1 Å². The average Bonchev–Trinajstić information content (AvgIpc) is 2.53. The number of aliphatic hydroxyl groups is 2. The van der Waals surface area contributed by atoms with Crippen molar-refractivity contribution in [3.63, 3.8) is 0 Å². The molecule has 4 atom stereocenters. The number of carboxylic acid groups (broad SMARTS) is 1. The number of ether oxygens (including phenoxy) is 1. The molecule has 0 aromatic carbocycles. The van der Waals surface area contributed by atoms with E-state index in [-0.39, 0.29) is 25.5 Å². The molecule has 2 rings (SSSR count). The number of aliphatic carboxylic acids is 1. The molecule has 1 aromatic heterocycles. The lowest BCUT2D eigenvalue weighted by molar-refractivity contribution is -0.142. The van der Waals surface area contributed by atoms with Crippen LogP contribution in [0, 0.1) is 0 Å². The largest absolute Gasteiger partial charge is 0.480 e. The van der Waals surface area contributed by atoms with E-state index in [2.05, 4.69) is 20.6 Å². The van der Waals surface area contributed by atoms with Crippen molar-refractivity contribution in [1.82, 2.24) is 15.3 Å². The standard InChI is InChI=1S/C13H17F3N4O5/c14-13(15,16)8-2-18-3-9(20-8)19-6-5-25-7(12(24)11(6)23)1-17-4-10(21)22/h2-3,6-7,11-12,17,23-24H,1,4-5H2,(H,19,20)(H,21,22)/t6-,7+,11+,12-/m0/s1. The first-order valence-corrected chi connectivity index (χ1v) is 7.24. The van der Waals surface area contributed by atoms with Gasteiger partial charge in [0.25, 0.3) is 0 Å². The van der Waals surface area contributed by atoms with Gasteiger partial charge in [0, 0.05) is 6.54 Å². The van der Waals surface area contributed by atoms with Gasteiger partial charge in [0.15, 0.2) is 5.69 Å². The van der Waals surface area contributed by atoms with Crippen LogP contribution in [0.15, 0.2) is 12.4 Å². The van der Waals surface area contributed by atoms with Crippen molar-refractivity contribution in [3.8, 4) is 0 Å². The monoisotopic (exact) mass is 366 g/mol. The first-order valence-electron chi connectivity index (χ1n) is 7.24. The van der Waals surface area contributed by atoms with Crippen molar-refractivity contribution in [2.45, 2.75) is 30.5 Å². The molecule has 0 bridgehead atoms. The topological polar surface area (TPSA) is 137 Å². The van der Waals surface area contributed by atoms with Crippen LogP contribution in [-0.4, -0.2) is 75.3 Å². The number of carbonyl (C=O) groups is 1. The van der Waals surface area contributed by atoms with Crippen molar-refractivity contribution < 1.29 is 38.0 Å². The average molecular weight is 366 g/mol. The van der Waals surface area contributed by atoms with Gasteiger partial charge in [-0.25, -0.2) is 4.98 Å². The van der Waals surface area contributed by atoms with E-state index in [0.29, 0.717) is 6.20 Å². The lowest BCUT2D eigenvalue weighted by Gasteiger charge is -2.38. The van der Waals surface area contributed by atoms with Crippen molar-refractivity contribution in [2.75, 3.05) is 25.0 Å². The summed E-state index contributed by atoms with van der Waals surface area (Å²) in [6, 6.07) is -0.913. The van der Waals surface area contributed by atoms with Crippen LogP contribution in [-0.2, 0) is 15.7 Å². The Hall–Kier alpha value is -2.02. The first-order chi connectivity index (χ1) is 11.7. The molecular weight excluding hydrogens is 349 g/mol. The number of halogens is 3. The summed E-state index contributed by atoms with van der Waals surface area (Å²) in [6.45, 7) is -0.486. The minimum Gasteiger partial charge on any atom is -0.480 e. The molecule has 1 aliphatic heterocycles. The van der Waals surface area contributed by atoms with Crippen molar-refractivity contribution in [1.29, 1.82) is 0 Å². The summed E-state index contributed by atoms with van der Waals surface area (Å²) in [5.41, 5.74) is -1.19. The number of alkyl halides is 3. The Kier molecular flexibility index (Phi) is 6.11. The number of nitrogens with one attached hydrogen (secondary N) is 2. The molecule has 25 heavy (non-hydrogen) atoms. The lowest BCUT2D eigenvalue weighted by Crippen LogP contribution is -2.58. The zero-order valence-corrected chi connectivity index (χ0v) is 12.8. The van der Waals surface area contributed by atoms with Crippen LogP contribution in [0.25, 0.3) is 0 Å². The Morgan fingerprint density at radius 1 is 1.32 bits per heavy atom. The molecular formula is C13H17F3N4O5. The second-order valence-corrected chi connectivity index (χ2v) is 5.42. The Labute approximate surface area is 139 Å². The Bertz CT molecular complexity index is 603. The Balaban J connectivity index is 1.95. The number of aromatic nitrogens is 2. The summed E-state index contributed by atoms with van der Waals surface area (Å²) < 4.78 is 43.2. The number of rotatable bonds is 6. The fourth-order valence-corrected chi connectivity index (χ4v) is 2.27. The van der Waals surface area contributed by atoms with E-state index in [0.717, 1.165) is 6.20 Å². The normalized spacial score (nSPS) is 27.1. The van der Waals surface area contributed by atoms with Gasteiger partial charge in [0.2, 0.25) is 0 Å². The number of carboxylic acids is 1. The zero-order valence-electron chi connectivity index (χ0n) is 12.8. The van der Waals surface area contributed by atoms with Gasteiger partial charge in [-0.05, 0) is 0 Å². The number of anilines is 1. The third-order valence-corrected chi connectivity index (χ3v) is 3.51. The molecule has 0 radical (unpaired) electrons. The quantitative estimate of drug-likeness (QED) is 0.432. The number of nitrogens with zero attached hydrogens (tertiary/aromatic N) is 2. The van der Waals surface area contributed by atoms with Gasteiger partial charge in [0.05, 0.1) is 37.7 Å². The number of aliphatic hydroxyl groups excluding tert-OH is 2. The number of hydrogen-bond acceptors (Lipinski definition) is 8. The van der Waals surface area contributed by atoms with Crippen LogP contribution in [0.3, 0.4) is 0 Å². The van der Waals surface area contributed by atoms with E-state index < -0.39 is 42.2 Å². The van der Waals surface area contributed by atoms with Gasteiger partial charge >= 0.3 is 12.1 Å².